The summed E-state index contributed by atoms with van der Waals surface area (Å²) in [7, 11) is -2.94. The highest BCUT2D eigenvalue weighted by Crippen LogP contribution is 2.38. The van der Waals surface area contributed by atoms with Crippen LogP contribution in [0.25, 0.3) is 0 Å². The van der Waals surface area contributed by atoms with Crippen LogP contribution >= 0.6 is 11.6 Å². The maximum absolute atomic E-state index is 14.3. The Hall–Kier alpha value is -5.04. The van der Waals surface area contributed by atoms with Crippen molar-refractivity contribution < 1.29 is 18.4 Å². The van der Waals surface area contributed by atoms with Crippen molar-refractivity contribution in [2.45, 2.75) is 38.9 Å². The molecule has 5 rings (SSSR count). The minimum atomic E-state index is -2.94. The molecule has 1 aromatic heterocycles. The van der Waals surface area contributed by atoms with Crippen LogP contribution in [0.2, 0.25) is 10.1 Å². The van der Waals surface area contributed by atoms with Gasteiger partial charge in [0, 0.05) is 18.1 Å². The highest BCUT2D eigenvalue weighted by molar-refractivity contribution is 7.00. The van der Waals surface area contributed by atoms with Crippen LogP contribution in [0.1, 0.15) is 48.0 Å². The number of aromatic nitrogens is 2. The number of nitriles is 1. The SMILES string of the molecule is CC(C)(C)[Si](Oc1ccc(Cl)c(CN(CC=O)C(=O)c2cncn2Cc2ccc(C#N)c(F)c2)c1)(c1ccccc1)c1ccccc1. The minimum absolute atomic E-state index is 0.0328. The number of benzene rings is 4. The van der Waals surface area contributed by atoms with Crippen LogP contribution < -0.4 is 14.8 Å². The van der Waals surface area contributed by atoms with Gasteiger partial charge in [0.05, 0.1) is 24.6 Å². The number of carbonyl (C=O) groups excluding carboxylic acids is 2. The van der Waals surface area contributed by atoms with Gasteiger partial charge in [0.15, 0.2) is 0 Å². The molecule has 0 N–H and O–H groups in total. The van der Waals surface area contributed by atoms with Crippen molar-refractivity contribution in [1.29, 1.82) is 5.26 Å². The Balaban J connectivity index is 1.47. The molecule has 0 unspecified atom stereocenters. The highest BCUT2D eigenvalue weighted by atomic mass is 35.5. The molecule has 0 saturated heterocycles. The van der Waals surface area contributed by atoms with Crippen LogP contribution in [0.5, 0.6) is 5.75 Å². The third kappa shape index (κ3) is 7.04. The summed E-state index contributed by atoms with van der Waals surface area (Å²) in [6, 6.07) is 32.0. The fourth-order valence-electron chi connectivity index (χ4n) is 5.81. The van der Waals surface area contributed by atoms with Gasteiger partial charge in [0.1, 0.15) is 29.6 Å². The molecule has 0 radical (unpaired) electrons. The van der Waals surface area contributed by atoms with Crippen molar-refractivity contribution in [3.63, 3.8) is 0 Å². The number of hydrogen-bond donors (Lipinski definition) is 0. The quantitative estimate of drug-likeness (QED) is 0.121. The summed E-state index contributed by atoms with van der Waals surface area (Å²) in [5.74, 6) is -0.487. The molecular formula is C37H34ClFN4O3Si. The number of imidazole rings is 1. The first-order valence-electron chi connectivity index (χ1n) is 15.1. The Kier molecular flexibility index (Phi) is 10.0. The molecule has 5 aromatic rings. The van der Waals surface area contributed by atoms with Gasteiger partial charge in [-0.2, -0.15) is 5.26 Å². The predicted molar refractivity (Wildman–Crippen MR) is 183 cm³/mol. The topological polar surface area (TPSA) is 88.2 Å². The Morgan fingerprint density at radius 2 is 1.68 bits per heavy atom. The van der Waals surface area contributed by atoms with E-state index in [1.807, 2.05) is 48.5 Å². The summed E-state index contributed by atoms with van der Waals surface area (Å²) in [4.78, 5) is 31.1. The van der Waals surface area contributed by atoms with Crippen LogP contribution in [0.3, 0.4) is 0 Å². The zero-order chi connectivity index (χ0) is 33.6. The highest BCUT2D eigenvalue weighted by Gasteiger charge is 2.52. The van der Waals surface area contributed by atoms with Gasteiger partial charge in [-0.1, -0.05) is 99.1 Å². The molecule has 7 nitrogen and oxygen atoms in total. The van der Waals surface area contributed by atoms with Crippen LogP contribution in [-0.4, -0.2) is 41.5 Å². The number of aldehydes is 1. The number of amides is 1. The van der Waals surface area contributed by atoms with Gasteiger partial charge in [-0.25, -0.2) is 9.37 Å². The second-order valence-electron chi connectivity index (χ2n) is 12.2. The largest absolute Gasteiger partial charge is 0.534 e. The van der Waals surface area contributed by atoms with Gasteiger partial charge in [0.2, 0.25) is 0 Å². The monoisotopic (exact) mass is 664 g/mol. The van der Waals surface area contributed by atoms with E-state index in [0.29, 0.717) is 28.2 Å². The lowest BCUT2D eigenvalue weighted by Gasteiger charge is -2.43. The second-order valence-corrected chi connectivity index (χ2v) is 16.8. The van der Waals surface area contributed by atoms with E-state index in [4.69, 9.17) is 21.3 Å². The number of halogens is 2. The molecule has 10 heteroatoms. The lowest BCUT2D eigenvalue weighted by molar-refractivity contribution is -0.108. The van der Waals surface area contributed by atoms with Crippen molar-refractivity contribution in [2.75, 3.05) is 6.54 Å². The molecule has 0 fully saturated rings. The number of rotatable bonds is 11. The maximum atomic E-state index is 14.3. The normalized spacial score (nSPS) is 11.5. The smallest absolute Gasteiger partial charge is 0.319 e. The average molecular weight is 665 g/mol. The van der Waals surface area contributed by atoms with Gasteiger partial charge >= 0.3 is 8.32 Å². The van der Waals surface area contributed by atoms with Crippen molar-refractivity contribution >= 4 is 42.5 Å². The van der Waals surface area contributed by atoms with Crippen molar-refractivity contribution in [3.8, 4) is 11.8 Å². The van der Waals surface area contributed by atoms with Crippen LogP contribution in [0.15, 0.2) is 110 Å². The molecule has 4 aromatic carbocycles. The lowest BCUT2D eigenvalue weighted by atomic mass is 10.1. The van der Waals surface area contributed by atoms with Crippen LogP contribution in [0, 0.1) is 17.1 Å². The predicted octanol–water partition coefficient (Wildman–Crippen LogP) is 6.38. The minimum Gasteiger partial charge on any atom is -0.534 e. The van der Waals surface area contributed by atoms with E-state index in [1.165, 1.54) is 29.6 Å². The zero-order valence-corrected chi connectivity index (χ0v) is 28.1. The molecule has 238 valence electrons. The molecule has 0 saturated carbocycles. The van der Waals surface area contributed by atoms with E-state index in [0.717, 1.165) is 10.4 Å². The number of hydrogen-bond acceptors (Lipinski definition) is 5. The zero-order valence-electron chi connectivity index (χ0n) is 26.4. The van der Waals surface area contributed by atoms with Gasteiger partial charge < -0.3 is 18.7 Å². The summed E-state index contributed by atoms with van der Waals surface area (Å²) in [5.41, 5.74) is 1.31. The maximum Gasteiger partial charge on any atom is 0.319 e. The van der Waals surface area contributed by atoms with Crippen molar-refractivity contribution in [3.05, 3.63) is 143 Å². The van der Waals surface area contributed by atoms with E-state index in [-0.39, 0.29) is 35.9 Å². The third-order valence-electron chi connectivity index (χ3n) is 8.09. The molecule has 0 bridgehead atoms. The summed E-state index contributed by atoms with van der Waals surface area (Å²) in [6.45, 7) is 6.56. The van der Waals surface area contributed by atoms with Crippen molar-refractivity contribution in [1.82, 2.24) is 14.5 Å². The molecule has 0 atom stereocenters. The van der Waals surface area contributed by atoms with E-state index in [9.17, 15) is 14.0 Å². The fraction of sp³-hybridized carbons (Fsp3) is 0.189. The average Bonchev–Trinajstić information content (AvgIpc) is 3.52. The summed E-state index contributed by atoms with van der Waals surface area (Å²) < 4.78 is 23.0. The lowest BCUT2D eigenvalue weighted by Crippen LogP contribution is -2.68. The van der Waals surface area contributed by atoms with Gasteiger partial charge in [-0.05, 0) is 56.9 Å². The molecular weight excluding hydrogens is 631 g/mol. The molecule has 0 aliphatic rings. The van der Waals surface area contributed by atoms with Crippen LogP contribution in [0.4, 0.5) is 4.39 Å². The first-order chi connectivity index (χ1) is 22.6. The van der Waals surface area contributed by atoms with E-state index in [1.54, 1.807) is 22.8 Å². The van der Waals surface area contributed by atoms with Crippen molar-refractivity contribution in [2.24, 2.45) is 0 Å². The van der Waals surface area contributed by atoms with E-state index in [2.05, 4.69) is 50.0 Å². The number of nitrogens with zero attached hydrogens (tertiary/aromatic N) is 4. The first kappa shape index (κ1) is 33.3. The van der Waals surface area contributed by atoms with Gasteiger partial charge in [-0.15, -0.1) is 0 Å². The molecule has 1 heterocycles. The molecule has 0 aliphatic carbocycles. The summed E-state index contributed by atoms with van der Waals surface area (Å²) >= 11 is 6.70. The Bertz CT molecular complexity index is 1880. The first-order valence-corrected chi connectivity index (χ1v) is 17.4. The number of carbonyl (C=O) groups is 2. The summed E-state index contributed by atoms with van der Waals surface area (Å²) in [6.07, 6.45) is 3.53. The standard InChI is InChI=1S/C37H34ClFN4O3Si/c1-37(2,3)47(31-10-6-4-7-11-31,32-12-8-5-9-13-32)46-30-16-17-33(38)29(21-30)25-42(18-19-44)36(45)35-23-41-26-43(35)24-27-14-15-28(22-40)34(39)20-27/h4-17,19-21,23,26H,18,24-25H2,1-3H3. The molecule has 0 aliphatic heterocycles. The van der Waals surface area contributed by atoms with E-state index < -0.39 is 20.0 Å². The van der Waals surface area contributed by atoms with Gasteiger partial charge in [0.25, 0.3) is 5.91 Å². The Morgan fingerprint density at radius 3 is 2.26 bits per heavy atom. The van der Waals surface area contributed by atoms with E-state index >= 15 is 0 Å². The molecule has 47 heavy (non-hydrogen) atoms. The molecule has 0 spiro atoms. The summed E-state index contributed by atoms with van der Waals surface area (Å²) in [5, 5.41) is 11.4. The Morgan fingerprint density at radius 1 is 1.02 bits per heavy atom. The Labute approximate surface area is 280 Å². The third-order valence-corrected chi connectivity index (χ3v) is 13.4. The molecule has 1 amide bonds. The fourth-order valence-corrected chi connectivity index (χ4v) is 10.4. The second kappa shape index (κ2) is 14.2. The van der Waals surface area contributed by atoms with Gasteiger partial charge in [-0.3, -0.25) is 4.79 Å². The van der Waals surface area contributed by atoms with Crippen LogP contribution in [-0.2, 0) is 17.9 Å².